The van der Waals surface area contributed by atoms with Crippen molar-refractivity contribution in [2.45, 2.75) is 51.4 Å². The first-order valence-electron chi connectivity index (χ1n) is 9.27. The lowest BCUT2D eigenvalue weighted by Gasteiger charge is -2.30. The number of benzene rings is 1. The van der Waals surface area contributed by atoms with Crippen molar-refractivity contribution in [2.24, 2.45) is 5.92 Å². The number of nitrogens with zero attached hydrogens (tertiary/aromatic N) is 1. The van der Waals surface area contributed by atoms with Crippen molar-refractivity contribution in [1.82, 2.24) is 10.2 Å². The second-order valence-corrected chi connectivity index (χ2v) is 8.01. The molecule has 0 aromatic heterocycles. The van der Waals surface area contributed by atoms with Gasteiger partial charge < -0.3 is 19.9 Å². The number of carbonyl (C=O) groups is 1. The van der Waals surface area contributed by atoms with E-state index in [9.17, 15) is 9.90 Å². The van der Waals surface area contributed by atoms with Crippen LogP contribution in [0.2, 0.25) is 0 Å². The molecule has 1 aliphatic carbocycles. The summed E-state index contributed by atoms with van der Waals surface area (Å²) in [5, 5.41) is 13.1. The van der Waals surface area contributed by atoms with Gasteiger partial charge in [-0.1, -0.05) is 18.2 Å². The van der Waals surface area contributed by atoms with Gasteiger partial charge in [-0.2, -0.15) is 0 Å². The van der Waals surface area contributed by atoms with Gasteiger partial charge in [-0.3, -0.25) is 4.90 Å². The van der Waals surface area contributed by atoms with Gasteiger partial charge in [0.2, 0.25) is 0 Å². The Labute approximate surface area is 156 Å². The predicted molar refractivity (Wildman–Crippen MR) is 101 cm³/mol. The molecule has 1 aliphatic rings. The van der Waals surface area contributed by atoms with E-state index in [1.807, 2.05) is 58.2 Å². The van der Waals surface area contributed by atoms with Crippen molar-refractivity contribution in [3.05, 3.63) is 30.3 Å². The fourth-order valence-corrected chi connectivity index (χ4v) is 2.90. The first-order chi connectivity index (χ1) is 12.2. The van der Waals surface area contributed by atoms with Gasteiger partial charge in [0.05, 0.1) is 0 Å². The van der Waals surface area contributed by atoms with E-state index < -0.39 is 17.8 Å². The largest absolute Gasteiger partial charge is 0.491 e. The molecule has 6 nitrogen and oxygen atoms in total. The number of aliphatic hydroxyl groups excluding tert-OH is 1. The van der Waals surface area contributed by atoms with Gasteiger partial charge in [-0.25, -0.2) is 4.79 Å². The van der Waals surface area contributed by atoms with Gasteiger partial charge in [-0.05, 0) is 58.7 Å². The van der Waals surface area contributed by atoms with Crippen LogP contribution in [0.1, 0.15) is 33.6 Å². The highest BCUT2D eigenvalue weighted by Gasteiger charge is 2.35. The molecule has 2 rings (SSSR count). The Morgan fingerprint density at radius 2 is 1.96 bits per heavy atom. The zero-order chi connectivity index (χ0) is 19.2. The molecule has 2 atom stereocenters. The topological polar surface area (TPSA) is 71.0 Å². The molecule has 0 aliphatic heterocycles. The standard InChI is InChI=1S/C20H32N2O4/c1-20(2,3)26-19(24)21-12-18(15-10-11-15)22(4)13-16(23)14-25-17-8-6-5-7-9-17/h5-9,15-16,18,23H,10-14H2,1-4H3,(H,21,24)/t16-,18-/m0/s1. The van der Waals surface area contributed by atoms with Gasteiger partial charge in [0.25, 0.3) is 0 Å². The van der Waals surface area contributed by atoms with E-state index in [2.05, 4.69) is 10.2 Å². The molecule has 26 heavy (non-hydrogen) atoms. The first-order valence-corrected chi connectivity index (χ1v) is 9.27. The minimum Gasteiger partial charge on any atom is -0.491 e. The van der Waals surface area contributed by atoms with Gasteiger partial charge in [-0.15, -0.1) is 0 Å². The van der Waals surface area contributed by atoms with Crippen LogP contribution in [0.15, 0.2) is 30.3 Å². The fourth-order valence-electron chi connectivity index (χ4n) is 2.90. The number of nitrogens with one attached hydrogen (secondary N) is 1. The summed E-state index contributed by atoms with van der Waals surface area (Å²) in [6.45, 7) is 6.79. The number of likely N-dealkylation sites (N-methyl/N-ethyl adjacent to an activating group) is 1. The summed E-state index contributed by atoms with van der Waals surface area (Å²) < 4.78 is 10.9. The average Bonchev–Trinajstić information content (AvgIpc) is 3.37. The molecular formula is C20H32N2O4. The number of carbonyl (C=O) groups excluding carboxylic acids is 1. The van der Waals surface area contributed by atoms with E-state index in [0.717, 1.165) is 18.6 Å². The van der Waals surface area contributed by atoms with E-state index in [4.69, 9.17) is 9.47 Å². The van der Waals surface area contributed by atoms with E-state index >= 15 is 0 Å². The SMILES string of the molecule is CN(C[C@H](O)COc1ccccc1)[C@@H](CNC(=O)OC(C)(C)C)C1CC1. The molecule has 1 aromatic rings. The van der Waals surface area contributed by atoms with Crippen LogP contribution in [0.3, 0.4) is 0 Å². The first kappa shape index (κ1) is 20.5. The summed E-state index contributed by atoms with van der Waals surface area (Å²) in [5.74, 6) is 1.30. The summed E-state index contributed by atoms with van der Waals surface area (Å²) in [6.07, 6.45) is 1.32. The Bertz CT molecular complexity index is 555. The summed E-state index contributed by atoms with van der Waals surface area (Å²) >= 11 is 0. The monoisotopic (exact) mass is 364 g/mol. The quantitative estimate of drug-likeness (QED) is 0.705. The maximum absolute atomic E-state index is 11.9. The highest BCUT2D eigenvalue weighted by Crippen LogP contribution is 2.34. The van der Waals surface area contributed by atoms with Gasteiger partial charge in [0.1, 0.15) is 24.1 Å². The normalized spacial score (nSPS) is 16.8. The Morgan fingerprint density at radius 3 is 2.54 bits per heavy atom. The summed E-state index contributed by atoms with van der Waals surface area (Å²) in [5.41, 5.74) is -0.504. The van der Waals surface area contributed by atoms with Crippen LogP contribution in [0.5, 0.6) is 5.75 Å². The van der Waals surface area contributed by atoms with Crippen LogP contribution in [0.4, 0.5) is 4.79 Å². The van der Waals surface area contributed by atoms with Gasteiger partial charge >= 0.3 is 6.09 Å². The van der Waals surface area contributed by atoms with Gasteiger partial charge in [0.15, 0.2) is 0 Å². The molecule has 146 valence electrons. The number of hydrogen-bond acceptors (Lipinski definition) is 5. The van der Waals surface area contributed by atoms with E-state index in [1.54, 1.807) is 0 Å². The molecule has 0 unspecified atom stereocenters. The molecule has 1 aromatic carbocycles. The van der Waals surface area contributed by atoms with Crippen LogP contribution in [0, 0.1) is 5.92 Å². The average molecular weight is 364 g/mol. The van der Waals surface area contributed by atoms with Crippen molar-refractivity contribution in [3.8, 4) is 5.75 Å². The lowest BCUT2D eigenvalue weighted by molar-refractivity contribution is 0.0454. The Morgan fingerprint density at radius 1 is 1.31 bits per heavy atom. The second kappa shape index (κ2) is 9.24. The highest BCUT2D eigenvalue weighted by molar-refractivity contribution is 5.67. The van der Waals surface area contributed by atoms with Crippen LogP contribution >= 0.6 is 0 Å². The van der Waals surface area contributed by atoms with Crippen molar-refractivity contribution < 1.29 is 19.4 Å². The maximum atomic E-state index is 11.9. The minimum atomic E-state index is -0.594. The number of aliphatic hydroxyl groups is 1. The zero-order valence-electron chi connectivity index (χ0n) is 16.3. The molecule has 0 heterocycles. The van der Waals surface area contributed by atoms with Crippen LogP contribution in [-0.2, 0) is 4.74 Å². The Hall–Kier alpha value is -1.79. The summed E-state index contributed by atoms with van der Waals surface area (Å²) in [7, 11) is 1.98. The fraction of sp³-hybridized carbons (Fsp3) is 0.650. The highest BCUT2D eigenvalue weighted by atomic mass is 16.6. The van der Waals surface area contributed by atoms with Crippen LogP contribution in [-0.4, -0.2) is 60.6 Å². The Balaban J connectivity index is 1.76. The molecule has 0 radical (unpaired) electrons. The maximum Gasteiger partial charge on any atom is 0.407 e. The van der Waals surface area contributed by atoms with Crippen LogP contribution in [0.25, 0.3) is 0 Å². The number of rotatable bonds is 9. The number of amides is 1. The molecule has 2 N–H and O–H groups in total. The molecule has 6 heteroatoms. The lowest BCUT2D eigenvalue weighted by atomic mass is 10.1. The van der Waals surface area contributed by atoms with Crippen molar-refractivity contribution in [1.29, 1.82) is 0 Å². The van der Waals surface area contributed by atoms with E-state index in [1.165, 1.54) is 0 Å². The minimum absolute atomic E-state index is 0.189. The van der Waals surface area contributed by atoms with Gasteiger partial charge in [0, 0.05) is 19.1 Å². The van der Waals surface area contributed by atoms with Crippen LogP contribution < -0.4 is 10.1 Å². The Kier molecular flexibility index (Phi) is 7.29. The third-order valence-corrected chi connectivity index (χ3v) is 4.27. The third-order valence-electron chi connectivity index (χ3n) is 4.27. The molecule has 1 fully saturated rings. The molecular weight excluding hydrogens is 332 g/mol. The van der Waals surface area contributed by atoms with Crippen molar-refractivity contribution in [2.75, 3.05) is 26.7 Å². The smallest absolute Gasteiger partial charge is 0.407 e. The van der Waals surface area contributed by atoms with E-state index in [0.29, 0.717) is 19.0 Å². The number of para-hydroxylation sites is 1. The van der Waals surface area contributed by atoms with Crippen molar-refractivity contribution >= 4 is 6.09 Å². The van der Waals surface area contributed by atoms with E-state index in [-0.39, 0.29) is 12.6 Å². The molecule has 0 saturated heterocycles. The summed E-state index contributed by atoms with van der Waals surface area (Å²) in [6, 6.07) is 9.66. The molecule has 1 saturated carbocycles. The molecule has 0 spiro atoms. The predicted octanol–water partition coefficient (Wildman–Crippen LogP) is 2.66. The number of hydrogen-bond donors (Lipinski definition) is 2. The number of alkyl carbamates (subject to hydrolysis) is 1. The second-order valence-electron chi connectivity index (χ2n) is 8.01. The summed E-state index contributed by atoms with van der Waals surface area (Å²) in [4.78, 5) is 14.0. The molecule has 1 amide bonds. The lowest BCUT2D eigenvalue weighted by Crippen LogP contribution is -2.47. The number of ether oxygens (including phenoxy) is 2. The zero-order valence-corrected chi connectivity index (χ0v) is 16.3. The third kappa shape index (κ3) is 7.62. The van der Waals surface area contributed by atoms with Crippen molar-refractivity contribution in [3.63, 3.8) is 0 Å². The molecule has 0 bridgehead atoms.